The van der Waals surface area contributed by atoms with Crippen LogP contribution in [-0.2, 0) is 4.74 Å². The van der Waals surface area contributed by atoms with Gasteiger partial charge < -0.3 is 9.84 Å². The number of allylic oxidation sites excluding steroid dienone is 5. The highest BCUT2D eigenvalue weighted by Gasteiger charge is 2.14. The number of nitrogens with zero attached hydrogens (tertiary/aromatic N) is 2. The number of phenols is 1. The van der Waals surface area contributed by atoms with Crippen LogP contribution in [-0.4, -0.2) is 5.11 Å². The zero-order valence-electron chi connectivity index (χ0n) is 13.8. The lowest BCUT2D eigenvalue weighted by atomic mass is 10.0. The summed E-state index contributed by atoms with van der Waals surface area (Å²) in [5.41, 5.74) is 2.26. The Kier molecular flexibility index (Phi) is 4.98. The van der Waals surface area contributed by atoms with Gasteiger partial charge in [0.1, 0.15) is 35.0 Å². The van der Waals surface area contributed by atoms with E-state index in [4.69, 9.17) is 4.74 Å². The third-order valence-electron chi connectivity index (χ3n) is 3.72. The van der Waals surface area contributed by atoms with Gasteiger partial charge in [-0.1, -0.05) is 48.5 Å². The maximum atomic E-state index is 9.35. The van der Waals surface area contributed by atoms with Crippen LogP contribution in [0.15, 0.2) is 89.7 Å². The minimum Gasteiger partial charge on any atom is -0.508 e. The van der Waals surface area contributed by atoms with E-state index in [1.165, 1.54) is 0 Å². The van der Waals surface area contributed by atoms with Gasteiger partial charge in [-0.05, 0) is 35.9 Å². The molecule has 4 nitrogen and oxygen atoms in total. The third-order valence-corrected chi connectivity index (χ3v) is 3.72. The van der Waals surface area contributed by atoms with Gasteiger partial charge in [0, 0.05) is 11.1 Å². The van der Waals surface area contributed by atoms with E-state index in [1.54, 1.807) is 42.5 Å². The van der Waals surface area contributed by atoms with E-state index < -0.39 is 0 Å². The number of rotatable bonds is 3. The van der Waals surface area contributed by atoms with Crippen molar-refractivity contribution in [1.29, 1.82) is 10.5 Å². The van der Waals surface area contributed by atoms with Crippen LogP contribution in [0.2, 0.25) is 0 Å². The molecule has 0 saturated carbocycles. The second-order valence-corrected chi connectivity index (χ2v) is 5.50. The van der Waals surface area contributed by atoms with E-state index >= 15 is 0 Å². The molecule has 0 fully saturated rings. The van der Waals surface area contributed by atoms with Gasteiger partial charge in [0.25, 0.3) is 0 Å². The van der Waals surface area contributed by atoms with Gasteiger partial charge in [-0.2, -0.15) is 10.5 Å². The van der Waals surface area contributed by atoms with E-state index in [2.05, 4.69) is 0 Å². The van der Waals surface area contributed by atoms with Crippen LogP contribution in [0.4, 0.5) is 0 Å². The lowest BCUT2D eigenvalue weighted by Crippen LogP contribution is -1.99. The lowest BCUT2D eigenvalue weighted by Gasteiger charge is -2.16. The maximum absolute atomic E-state index is 9.35. The molecule has 0 radical (unpaired) electrons. The highest BCUT2D eigenvalue weighted by molar-refractivity contribution is 5.70. The summed E-state index contributed by atoms with van der Waals surface area (Å²) in [5, 5.41) is 27.7. The van der Waals surface area contributed by atoms with Crippen molar-refractivity contribution in [2.24, 2.45) is 0 Å². The van der Waals surface area contributed by atoms with Gasteiger partial charge in [-0.25, -0.2) is 0 Å². The number of benzene rings is 2. The van der Waals surface area contributed by atoms with Crippen molar-refractivity contribution in [2.75, 3.05) is 0 Å². The Morgan fingerprint density at radius 3 is 2.23 bits per heavy atom. The van der Waals surface area contributed by atoms with Gasteiger partial charge in [-0.15, -0.1) is 0 Å². The largest absolute Gasteiger partial charge is 0.508 e. The molecule has 26 heavy (non-hydrogen) atoms. The SMILES string of the molecule is N#CC(C#N)=C1C=C(/C=C/c2ccc(O)cc2)OC(c2ccccc2)=C1. The van der Waals surface area contributed by atoms with Crippen LogP contribution in [0.5, 0.6) is 5.75 Å². The smallest absolute Gasteiger partial charge is 0.137 e. The van der Waals surface area contributed by atoms with Gasteiger partial charge >= 0.3 is 0 Å². The van der Waals surface area contributed by atoms with Crippen LogP contribution in [0.25, 0.3) is 11.8 Å². The molecule has 1 aliphatic rings. The Morgan fingerprint density at radius 2 is 1.58 bits per heavy atom. The average molecular weight is 338 g/mol. The third kappa shape index (κ3) is 3.90. The highest BCUT2D eigenvalue weighted by atomic mass is 16.5. The van der Waals surface area contributed by atoms with Gasteiger partial charge in [0.05, 0.1) is 0 Å². The van der Waals surface area contributed by atoms with E-state index in [-0.39, 0.29) is 11.3 Å². The number of nitriles is 2. The number of aromatic hydroxyl groups is 1. The first-order valence-electron chi connectivity index (χ1n) is 7.88. The van der Waals surface area contributed by atoms with Crippen LogP contribution < -0.4 is 0 Å². The summed E-state index contributed by atoms with van der Waals surface area (Å²) in [6.07, 6.45) is 6.93. The van der Waals surface area contributed by atoms with Crippen molar-refractivity contribution in [3.05, 3.63) is 101 Å². The molecule has 0 atom stereocenters. The first-order valence-corrected chi connectivity index (χ1v) is 7.88. The summed E-state index contributed by atoms with van der Waals surface area (Å²) >= 11 is 0. The fourth-order valence-electron chi connectivity index (χ4n) is 2.41. The van der Waals surface area contributed by atoms with Crippen LogP contribution in [0.1, 0.15) is 11.1 Å². The fraction of sp³-hybridized carbons (Fsp3) is 0. The Morgan fingerprint density at radius 1 is 0.885 bits per heavy atom. The Balaban J connectivity index is 1.98. The number of ether oxygens (including phenoxy) is 1. The monoisotopic (exact) mass is 338 g/mol. The molecule has 124 valence electrons. The Bertz CT molecular complexity index is 997. The molecule has 4 heteroatoms. The zero-order valence-corrected chi connectivity index (χ0v) is 13.8. The summed E-state index contributed by atoms with van der Waals surface area (Å²) in [5.74, 6) is 1.27. The Labute approximate surface area is 151 Å². The highest BCUT2D eigenvalue weighted by Crippen LogP contribution is 2.29. The Hall–Kier alpha value is -4.02. The molecule has 0 unspecified atom stereocenters. The summed E-state index contributed by atoms with van der Waals surface area (Å²) in [4.78, 5) is 0. The first-order chi connectivity index (χ1) is 12.7. The molecular formula is C22H14N2O2. The fourth-order valence-corrected chi connectivity index (χ4v) is 2.41. The molecule has 2 aromatic rings. The molecule has 0 saturated heterocycles. The molecule has 0 aromatic heterocycles. The van der Waals surface area contributed by atoms with Crippen molar-refractivity contribution in [3.8, 4) is 17.9 Å². The molecule has 0 aliphatic carbocycles. The van der Waals surface area contributed by atoms with E-state index in [0.717, 1.165) is 11.1 Å². The van der Waals surface area contributed by atoms with Crippen LogP contribution in [0.3, 0.4) is 0 Å². The van der Waals surface area contributed by atoms with Crippen molar-refractivity contribution in [1.82, 2.24) is 0 Å². The maximum Gasteiger partial charge on any atom is 0.137 e. The summed E-state index contributed by atoms with van der Waals surface area (Å²) < 4.78 is 5.92. The van der Waals surface area contributed by atoms with Crippen molar-refractivity contribution < 1.29 is 9.84 Å². The van der Waals surface area contributed by atoms with Gasteiger partial charge in [0.2, 0.25) is 0 Å². The number of hydrogen-bond donors (Lipinski definition) is 1. The zero-order chi connectivity index (χ0) is 18.4. The standard InChI is InChI=1S/C22H14N2O2/c23-14-19(15-24)18-12-21(11-8-16-6-9-20(25)10-7-16)26-22(13-18)17-4-2-1-3-5-17/h1-13,25H/b11-8+. The minimum absolute atomic E-state index is 0.0252. The molecule has 1 heterocycles. The second-order valence-electron chi connectivity index (χ2n) is 5.50. The normalized spacial score (nSPS) is 13.2. The van der Waals surface area contributed by atoms with Crippen molar-refractivity contribution >= 4 is 11.8 Å². The van der Waals surface area contributed by atoms with E-state index in [9.17, 15) is 15.6 Å². The quantitative estimate of drug-likeness (QED) is 0.823. The second kappa shape index (κ2) is 7.70. The van der Waals surface area contributed by atoms with Crippen LogP contribution >= 0.6 is 0 Å². The molecule has 1 N–H and O–H groups in total. The first kappa shape index (κ1) is 16.8. The van der Waals surface area contributed by atoms with E-state index in [0.29, 0.717) is 17.1 Å². The van der Waals surface area contributed by atoms with Crippen molar-refractivity contribution in [2.45, 2.75) is 0 Å². The van der Waals surface area contributed by atoms with E-state index in [1.807, 2.05) is 48.5 Å². The summed E-state index contributed by atoms with van der Waals surface area (Å²) in [6, 6.07) is 20.1. The number of hydrogen-bond acceptors (Lipinski definition) is 4. The molecule has 3 rings (SSSR count). The van der Waals surface area contributed by atoms with Gasteiger partial charge in [0.15, 0.2) is 0 Å². The average Bonchev–Trinajstić information content (AvgIpc) is 2.69. The molecule has 1 aliphatic heterocycles. The minimum atomic E-state index is 0.0252. The molecular weight excluding hydrogens is 324 g/mol. The topological polar surface area (TPSA) is 77.0 Å². The molecule has 0 amide bonds. The van der Waals surface area contributed by atoms with Crippen molar-refractivity contribution in [3.63, 3.8) is 0 Å². The predicted octanol–water partition coefficient (Wildman–Crippen LogP) is 4.70. The van der Waals surface area contributed by atoms with Crippen LogP contribution in [0, 0.1) is 22.7 Å². The molecule has 2 aromatic carbocycles. The summed E-state index contributed by atoms with van der Waals surface area (Å²) in [6.45, 7) is 0. The summed E-state index contributed by atoms with van der Waals surface area (Å²) in [7, 11) is 0. The lowest BCUT2D eigenvalue weighted by molar-refractivity contribution is 0.396. The molecule has 0 bridgehead atoms. The molecule has 0 spiro atoms. The number of phenolic OH excluding ortho intramolecular Hbond substituents is 1. The predicted molar refractivity (Wildman–Crippen MR) is 99.0 cm³/mol. The van der Waals surface area contributed by atoms with Gasteiger partial charge in [-0.3, -0.25) is 0 Å².